The zero-order chi connectivity index (χ0) is 15.1. The summed E-state index contributed by atoms with van der Waals surface area (Å²) in [7, 11) is 0. The molecular formula is C16H19ClN2OS. The van der Waals surface area contributed by atoms with Crippen LogP contribution in [0.25, 0.3) is 0 Å². The van der Waals surface area contributed by atoms with E-state index in [1.165, 1.54) is 11.3 Å². The number of amides is 1. The number of unbranched alkanes of at least 4 members (excludes halogenated alkanes) is 1. The van der Waals surface area contributed by atoms with Gasteiger partial charge in [0.2, 0.25) is 5.91 Å². The van der Waals surface area contributed by atoms with Gasteiger partial charge in [0.05, 0.1) is 18.0 Å². The molecule has 1 amide bonds. The van der Waals surface area contributed by atoms with Crippen molar-refractivity contribution in [2.75, 3.05) is 11.4 Å². The molecule has 0 saturated heterocycles. The molecule has 0 aliphatic carbocycles. The number of carbonyl (C=O) groups excluding carboxylic acids is 1. The third-order valence-electron chi connectivity index (χ3n) is 3.14. The highest BCUT2D eigenvalue weighted by Crippen LogP contribution is 2.18. The topological polar surface area (TPSA) is 33.2 Å². The molecule has 0 bridgehead atoms. The van der Waals surface area contributed by atoms with Crippen LogP contribution in [-0.4, -0.2) is 17.4 Å². The Kier molecular flexibility index (Phi) is 6.21. The molecule has 2 rings (SSSR count). The first kappa shape index (κ1) is 16.0. The summed E-state index contributed by atoms with van der Waals surface area (Å²) in [6, 6.07) is 9.81. The fraction of sp³-hybridized carbons (Fsp3) is 0.375. The molecule has 0 atom stereocenters. The Hall–Kier alpha value is -1.39. The first-order valence-corrected chi connectivity index (χ1v) is 8.50. The molecule has 0 fully saturated rings. The maximum absolute atomic E-state index is 12.6. The van der Waals surface area contributed by atoms with E-state index in [1.54, 1.807) is 0 Å². The Morgan fingerprint density at radius 3 is 2.71 bits per heavy atom. The number of nitrogens with zero attached hydrogens (tertiary/aromatic N) is 2. The van der Waals surface area contributed by atoms with Crippen LogP contribution in [0.15, 0.2) is 35.7 Å². The normalized spacial score (nSPS) is 10.6. The van der Waals surface area contributed by atoms with E-state index >= 15 is 0 Å². The third-order valence-corrected chi connectivity index (χ3v) is 4.31. The zero-order valence-electron chi connectivity index (χ0n) is 12.1. The smallest absolute Gasteiger partial charge is 0.233 e. The summed E-state index contributed by atoms with van der Waals surface area (Å²) in [4.78, 5) is 18.8. The minimum atomic E-state index is 0.0881. The minimum Gasteiger partial charge on any atom is -0.312 e. The van der Waals surface area contributed by atoms with Gasteiger partial charge in [-0.2, -0.15) is 0 Å². The zero-order valence-corrected chi connectivity index (χ0v) is 13.7. The molecular weight excluding hydrogens is 304 g/mol. The fourth-order valence-corrected chi connectivity index (χ4v) is 3.05. The van der Waals surface area contributed by atoms with Crippen molar-refractivity contribution >= 4 is 34.5 Å². The third kappa shape index (κ3) is 4.55. The lowest BCUT2D eigenvalue weighted by atomic mass is 10.2. The summed E-state index contributed by atoms with van der Waals surface area (Å²) in [5, 5.41) is 2.74. The van der Waals surface area contributed by atoms with Gasteiger partial charge >= 0.3 is 0 Å². The van der Waals surface area contributed by atoms with Crippen LogP contribution in [0, 0.1) is 0 Å². The first-order valence-electron chi connectivity index (χ1n) is 7.09. The number of anilines is 1. The Bertz CT molecular complexity index is 571. The standard InChI is InChI=1S/C16H19ClN2OS/c1-2-3-9-19(14-7-5-4-6-8-14)16(20)10-15-18-13(11-17)12-21-15/h4-8,12H,2-3,9-11H2,1H3. The van der Waals surface area contributed by atoms with Gasteiger partial charge in [0.25, 0.3) is 0 Å². The number of carbonyl (C=O) groups is 1. The van der Waals surface area contributed by atoms with Crippen molar-refractivity contribution in [1.29, 1.82) is 0 Å². The molecule has 112 valence electrons. The van der Waals surface area contributed by atoms with E-state index in [-0.39, 0.29) is 5.91 Å². The SMILES string of the molecule is CCCCN(C(=O)Cc1nc(CCl)cs1)c1ccccc1. The van der Waals surface area contributed by atoms with Crippen LogP contribution in [0.3, 0.4) is 0 Å². The van der Waals surface area contributed by atoms with E-state index < -0.39 is 0 Å². The Morgan fingerprint density at radius 1 is 1.33 bits per heavy atom. The van der Waals surface area contributed by atoms with Crippen molar-refractivity contribution in [3.8, 4) is 0 Å². The molecule has 3 nitrogen and oxygen atoms in total. The van der Waals surface area contributed by atoms with E-state index in [2.05, 4.69) is 11.9 Å². The van der Waals surface area contributed by atoms with Gasteiger partial charge in [-0.15, -0.1) is 22.9 Å². The van der Waals surface area contributed by atoms with Gasteiger partial charge < -0.3 is 4.90 Å². The van der Waals surface area contributed by atoms with Crippen molar-refractivity contribution < 1.29 is 4.79 Å². The number of hydrogen-bond acceptors (Lipinski definition) is 3. The lowest BCUT2D eigenvalue weighted by Gasteiger charge is -2.22. The molecule has 1 heterocycles. The highest BCUT2D eigenvalue weighted by molar-refractivity contribution is 7.09. The van der Waals surface area contributed by atoms with Crippen LogP contribution < -0.4 is 4.90 Å². The molecule has 0 aliphatic heterocycles. The lowest BCUT2D eigenvalue weighted by Crippen LogP contribution is -2.33. The summed E-state index contributed by atoms with van der Waals surface area (Å²) >= 11 is 7.25. The summed E-state index contributed by atoms with van der Waals surface area (Å²) in [6.45, 7) is 2.87. The van der Waals surface area contributed by atoms with Gasteiger partial charge in [0.15, 0.2) is 0 Å². The number of para-hydroxylation sites is 1. The van der Waals surface area contributed by atoms with Crippen molar-refractivity contribution in [3.05, 3.63) is 46.4 Å². The van der Waals surface area contributed by atoms with E-state index in [0.717, 1.165) is 35.8 Å². The molecule has 1 aromatic carbocycles. The second-order valence-electron chi connectivity index (χ2n) is 4.78. The molecule has 0 saturated carbocycles. The average molecular weight is 323 g/mol. The quantitative estimate of drug-likeness (QED) is 0.714. The molecule has 0 N–H and O–H groups in total. The van der Waals surface area contributed by atoms with Crippen LogP contribution in [0.5, 0.6) is 0 Å². The molecule has 1 aromatic heterocycles. The molecule has 0 spiro atoms. The van der Waals surface area contributed by atoms with Crippen LogP contribution in [0.1, 0.15) is 30.5 Å². The molecule has 5 heteroatoms. The van der Waals surface area contributed by atoms with Gasteiger partial charge in [-0.25, -0.2) is 4.98 Å². The van der Waals surface area contributed by atoms with Gasteiger partial charge in [-0.3, -0.25) is 4.79 Å². The Morgan fingerprint density at radius 2 is 2.10 bits per heavy atom. The van der Waals surface area contributed by atoms with E-state index in [0.29, 0.717) is 12.3 Å². The van der Waals surface area contributed by atoms with E-state index in [1.807, 2.05) is 40.6 Å². The summed E-state index contributed by atoms with van der Waals surface area (Å²) in [5.41, 5.74) is 1.79. The van der Waals surface area contributed by atoms with Gasteiger partial charge in [-0.1, -0.05) is 31.5 Å². The molecule has 2 aromatic rings. The highest BCUT2D eigenvalue weighted by atomic mass is 35.5. The second kappa shape index (κ2) is 8.15. The highest BCUT2D eigenvalue weighted by Gasteiger charge is 2.17. The number of benzene rings is 1. The van der Waals surface area contributed by atoms with Gasteiger partial charge in [-0.05, 0) is 18.6 Å². The maximum atomic E-state index is 12.6. The summed E-state index contributed by atoms with van der Waals surface area (Å²) in [6.07, 6.45) is 2.38. The largest absolute Gasteiger partial charge is 0.312 e. The van der Waals surface area contributed by atoms with Crippen LogP contribution in [-0.2, 0) is 17.1 Å². The number of thiazole rings is 1. The molecule has 0 unspecified atom stereocenters. The average Bonchev–Trinajstić information content (AvgIpc) is 2.96. The van der Waals surface area contributed by atoms with Crippen molar-refractivity contribution in [2.24, 2.45) is 0 Å². The van der Waals surface area contributed by atoms with Crippen molar-refractivity contribution in [3.63, 3.8) is 0 Å². The number of alkyl halides is 1. The summed E-state index contributed by atoms with van der Waals surface area (Å²) in [5.74, 6) is 0.480. The van der Waals surface area contributed by atoms with Gasteiger partial charge in [0, 0.05) is 17.6 Å². The van der Waals surface area contributed by atoms with Crippen LogP contribution in [0.2, 0.25) is 0 Å². The van der Waals surface area contributed by atoms with Crippen LogP contribution in [0.4, 0.5) is 5.69 Å². The monoisotopic (exact) mass is 322 g/mol. The summed E-state index contributed by atoms with van der Waals surface area (Å²) < 4.78 is 0. The minimum absolute atomic E-state index is 0.0881. The van der Waals surface area contributed by atoms with Crippen molar-refractivity contribution in [1.82, 2.24) is 4.98 Å². The van der Waals surface area contributed by atoms with E-state index in [4.69, 9.17) is 11.6 Å². The van der Waals surface area contributed by atoms with Gasteiger partial charge in [0.1, 0.15) is 5.01 Å². The van der Waals surface area contributed by atoms with E-state index in [9.17, 15) is 4.79 Å². The predicted octanol–water partition coefficient (Wildman–Crippen LogP) is 4.26. The number of hydrogen-bond donors (Lipinski definition) is 0. The number of aromatic nitrogens is 1. The Balaban J connectivity index is 2.10. The molecule has 0 radical (unpaired) electrons. The number of halogens is 1. The lowest BCUT2D eigenvalue weighted by molar-refractivity contribution is -0.118. The number of rotatable bonds is 7. The molecule has 0 aliphatic rings. The Labute approximate surface area is 134 Å². The van der Waals surface area contributed by atoms with Crippen molar-refractivity contribution in [2.45, 2.75) is 32.1 Å². The predicted molar refractivity (Wildman–Crippen MR) is 89.1 cm³/mol. The maximum Gasteiger partial charge on any atom is 0.233 e. The fourth-order valence-electron chi connectivity index (χ4n) is 2.04. The first-order chi connectivity index (χ1) is 10.2. The molecule has 21 heavy (non-hydrogen) atoms. The second-order valence-corrected chi connectivity index (χ2v) is 5.99. The van der Waals surface area contributed by atoms with Crippen LogP contribution >= 0.6 is 22.9 Å².